The highest BCUT2D eigenvalue weighted by atomic mass is 19.1. The fourth-order valence-electron chi connectivity index (χ4n) is 9.19. The number of aliphatic hydroxyl groups excluding tert-OH is 1. The van der Waals surface area contributed by atoms with E-state index in [1.165, 1.54) is 9.80 Å². The molecule has 0 radical (unpaired) electrons. The van der Waals surface area contributed by atoms with Crippen molar-refractivity contribution >= 4 is 47.4 Å². The van der Waals surface area contributed by atoms with Crippen LogP contribution in [0.25, 0.3) is 11.3 Å². The Morgan fingerprint density at radius 1 is 0.741 bits per heavy atom. The Hall–Kier alpha value is -7.19. The largest absolute Gasteiger partial charge is 0.444 e. The Labute approximate surface area is 496 Å². The Kier molecular flexibility index (Phi) is 29.2. The first kappa shape index (κ1) is 70.3. The van der Waals surface area contributed by atoms with E-state index in [2.05, 4.69) is 16.0 Å². The number of alkyl carbamates (subject to hydrolysis) is 1. The van der Waals surface area contributed by atoms with E-state index < -0.39 is 94.8 Å². The molecule has 85 heavy (non-hydrogen) atoms. The van der Waals surface area contributed by atoms with Crippen molar-refractivity contribution in [1.82, 2.24) is 40.2 Å². The van der Waals surface area contributed by atoms with Crippen molar-refractivity contribution in [2.75, 3.05) is 92.2 Å². The average molecular weight is 1200 g/mol. The molecule has 1 aromatic heterocycles. The lowest BCUT2D eigenvalue weighted by atomic mass is 9.84. The number of amides is 8. The van der Waals surface area contributed by atoms with Gasteiger partial charge in [-0.3, -0.25) is 38.5 Å². The van der Waals surface area contributed by atoms with E-state index in [1.54, 1.807) is 45.4 Å². The molecule has 0 spiro atoms. The molecule has 3 aromatic rings. The predicted molar refractivity (Wildman–Crippen MR) is 310 cm³/mol. The Bertz CT molecular complexity index is 2680. The summed E-state index contributed by atoms with van der Waals surface area (Å²) in [4.78, 5) is 112. The summed E-state index contributed by atoms with van der Waals surface area (Å²) in [6, 6.07) is 9.15. The zero-order valence-corrected chi connectivity index (χ0v) is 50.3. The molecule has 0 saturated carbocycles. The molecule has 23 nitrogen and oxygen atoms in total. The maximum absolute atomic E-state index is 15.4. The molecule has 0 aliphatic carbocycles. The van der Waals surface area contributed by atoms with Gasteiger partial charge in [-0.2, -0.15) is 0 Å². The smallest absolute Gasteiger partial charge is 0.407 e. The lowest BCUT2D eigenvalue weighted by molar-refractivity contribution is -0.144. The molecule has 3 atom stereocenters. The van der Waals surface area contributed by atoms with Gasteiger partial charge in [0.15, 0.2) is 0 Å². The van der Waals surface area contributed by atoms with Crippen LogP contribution in [0.3, 0.4) is 0 Å². The van der Waals surface area contributed by atoms with Crippen molar-refractivity contribution in [3.05, 3.63) is 89.9 Å². The lowest BCUT2D eigenvalue weighted by Crippen LogP contribution is -2.57. The topological polar surface area (TPSA) is 293 Å². The minimum Gasteiger partial charge on any atom is -0.444 e. The normalized spacial score (nSPS) is 13.6. The summed E-state index contributed by atoms with van der Waals surface area (Å²) >= 11 is 0. The van der Waals surface area contributed by atoms with E-state index in [4.69, 9.17) is 34.4 Å². The van der Waals surface area contributed by atoms with Crippen molar-refractivity contribution in [3.63, 3.8) is 0 Å². The molecule has 8 amide bonds. The summed E-state index contributed by atoms with van der Waals surface area (Å²) in [5.74, 6) is -5.39. The minimum atomic E-state index is -1.20. The molecule has 470 valence electrons. The monoisotopic (exact) mass is 1200 g/mol. The number of hydrogen-bond acceptors (Lipinski definition) is 15. The SMILES string of the molecule is CC(C)[C@H](NC(=O)CCOCCOCCOCCOCCNC(=O)CCN1C(=O)C=CC1=O)C(=O)N(CCCN(C(=O)CO)[C@@H](c1nc(-c2cc(F)ccc2F)cn1Cc1ccccc1)C(C)(C)C)[C@@H](CCCCNC(=O)OC(C)(C)C)C(N)=O. The number of ether oxygens (including phenoxy) is 5. The number of carbonyl (C=O) groups excluding carboxylic acids is 8. The van der Waals surface area contributed by atoms with Crippen molar-refractivity contribution in [3.8, 4) is 11.3 Å². The number of halogens is 2. The third kappa shape index (κ3) is 24.4. The van der Waals surface area contributed by atoms with Gasteiger partial charge in [0.1, 0.15) is 41.8 Å². The number of primary amides is 1. The van der Waals surface area contributed by atoms with E-state index >= 15 is 4.39 Å². The molecule has 1 aliphatic rings. The van der Waals surface area contributed by atoms with Crippen LogP contribution in [0.1, 0.15) is 111 Å². The molecule has 0 saturated heterocycles. The Balaban J connectivity index is 1.39. The molecule has 4 rings (SSSR count). The highest BCUT2D eigenvalue weighted by Crippen LogP contribution is 2.40. The van der Waals surface area contributed by atoms with Gasteiger partial charge in [0.25, 0.3) is 11.8 Å². The van der Waals surface area contributed by atoms with E-state index in [0.29, 0.717) is 18.7 Å². The fraction of sp³-hybridized carbons (Fsp3) is 0.583. The third-order valence-electron chi connectivity index (χ3n) is 13.3. The molecule has 2 heterocycles. The van der Waals surface area contributed by atoms with Gasteiger partial charge in [0.05, 0.1) is 64.6 Å². The van der Waals surface area contributed by atoms with Crippen molar-refractivity contribution in [2.24, 2.45) is 17.1 Å². The van der Waals surface area contributed by atoms with Crippen molar-refractivity contribution in [2.45, 2.75) is 124 Å². The lowest BCUT2D eigenvalue weighted by Gasteiger charge is -2.40. The van der Waals surface area contributed by atoms with Crippen molar-refractivity contribution < 1.29 is 75.9 Å². The van der Waals surface area contributed by atoms with E-state index in [9.17, 15) is 47.9 Å². The molecule has 0 fully saturated rings. The van der Waals surface area contributed by atoms with Gasteiger partial charge >= 0.3 is 6.09 Å². The number of nitrogens with two attached hydrogens (primary N) is 1. The number of benzene rings is 2. The van der Waals surface area contributed by atoms with Crippen LogP contribution in [0.4, 0.5) is 13.6 Å². The van der Waals surface area contributed by atoms with Crippen LogP contribution in [-0.2, 0) is 63.8 Å². The fourth-order valence-corrected chi connectivity index (χ4v) is 9.19. The zero-order valence-electron chi connectivity index (χ0n) is 50.3. The number of carbonyl (C=O) groups is 8. The molecule has 2 aromatic carbocycles. The molecular weight excluding hydrogens is 1110 g/mol. The molecule has 0 bridgehead atoms. The summed E-state index contributed by atoms with van der Waals surface area (Å²) in [5, 5.41) is 18.7. The van der Waals surface area contributed by atoms with E-state index in [1.807, 2.05) is 51.1 Å². The number of nitrogens with one attached hydrogen (secondary N) is 3. The standard InChI is InChI=1S/C60H87F2N9O14/c1-41(2)53(67-49(74)23-29-81-31-33-83-35-36-84-34-32-82-30-25-64-48(73)22-28-70-50(75)20-21-51(70)76)57(79)69(47(55(63)78)17-12-13-24-65-58(80)85-60(6,7)8)26-14-27-71(52(77)40-72)54(59(3,4)5)56-66-46(44-37-43(61)18-19-45(44)62)39-68(56)38-42-15-10-9-11-16-42/h9-11,15-16,18-21,37,39,41,47,53-54,72H,12-14,17,22-36,38,40H2,1-8H3,(H2,63,78)(H,64,73)(H,65,80)(H,67,74)/t47-,53-,54-/m0/s1. The number of aromatic nitrogens is 2. The van der Waals surface area contributed by atoms with Gasteiger partial charge in [-0.05, 0) is 81.5 Å². The van der Waals surface area contributed by atoms with Crippen LogP contribution in [0.15, 0.2) is 66.9 Å². The van der Waals surface area contributed by atoms with Gasteiger partial charge < -0.3 is 64.8 Å². The number of imidazole rings is 1. The highest BCUT2D eigenvalue weighted by Gasteiger charge is 2.40. The number of imide groups is 1. The molecule has 1 aliphatic heterocycles. The van der Waals surface area contributed by atoms with Gasteiger partial charge in [0.2, 0.25) is 29.5 Å². The van der Waals surface area contributed by atoms with Crippen LogP contribution >= 0.6 is 0 Å². The number of hydrogen-bond donors (Lipinski definition) is 5. The first-order valence-electron chi connectivity index (χ1n) is 28.7. The maximum Gasteiger partial charge on any atom is 0.407 e. The number of rotatable bonds is 38. The number of aliphatic hydroxyl groups is 1. The van der Waals surface area contributed by atoms with Crippen molar-refractivity contribution in [1.29, 1.82) is 0 Å². The third-order valence-corrected chi connectivity index (χ3v) is 13.3. The second kappa shape index (κ2) is 35.3. The summed E-state index contributed by atoms with van der Waals surface area (Å²) in [5.41, 5.74) is 5.42. The van der Waals surface area contributed by atoms with Gasteiger partial charge in [-0.25, -0.2) is 18.6 Å². The van der Waals surface area contributed by atoms with Crippen LogP contribution in [0.5, 0.6) is 0 Å². The average Bonchev–Trinajstić information content (AvgIpc) is 2.70. The van der Waals surface area contributed by atoms with Gasteiger partial charge in [-0.15, -0.1) is 0 Å². The van der Waals surface area contributed by atoms with Gasteiger partial charge in [0, 0.05) is 76.0 Å². The Morgan fingerprint density at radius 3 is 1.94 bits per heavy atom. The number of unbranched alkanes of at least 4 members (excludes halogenated alkanes) is 1. The predicted octanol–water partition coefficient (Wildman–Crippen LogP) is 4.58. The minimum absolute atomic E-state index is 0.000711. The quantitative estimate of drug-likeness (QED) is 0.0388. The van der Waals surface area contributed by atoms with Crippen LogP contribution < -0.4 is 21.7 Å². The molecule has 0 unspecified atom stereocenters. The first-order valence-corrected chi connectivity index (χ1v) is 28.7. The van der Waals surface area contributed by atoms with E-state index in [0.717, 1.165) is 40.8 Å². The molecule has 25 heteroatoms. The van der Waals surface area contributed by atoms with E-state index in [-0.39, 0.29) is 135 Å². The molecule has 6 N–H and O–H groups in total. The highest BCUT2D eigenvalue weighted by molar-refractivity contribution is 6.13. The summed E-state index contributed by atoms with van der Waals surface area (Å²) in [6.07, 6.45) is 3.99. The Morgan fingerprint density at radius 2 is 1.35 bits per heavy atom. The summed E-state index contributed by atoms with van der Waals surface area (Å²) in [7, 11) is 0. The number of nitrogens with zero attached hydrogens (tertiary/aromatic N) is 5. The molecular formula is C60H87F2N9O14. The zero-order chi connectivity index (χ0) is 62.7. The second-order valence-electron chi connectivity index (χ2n) is 22.7. The van der Waals surface area contributed by atoms with Crippen LogP contribution in [0, 0.1) is 23.0 Å². The first-order chi connectivity index (χ1) is 40.3. The van der Waals surface area contributed by atoms with Crippen LogP contribution in [0.2, 0.25) is 0 Å². The summed E-state index contributed by atoms with van der Waals surface area (Å²) in [6.45, 7) is 15.5. The van der Waals surface area contributed by atoms with Gasteiger partial charge in [-0.1, -0.05) is 65.0 Å². The van der Waals surface area contributed by atoms with Crippen LogP contribution in [-0.4, -0.2) is 187 Å². The maximum atomic E-state index is 15.4. The summed E-state index contributed by atoms with van der Waals surface area (Å²) < 4.78 is 59.2. The second-order valence-corrected chi connectivity index (χ2v) is 22.7.